The lowest BCUT2D eigenvalue weighted by molar-refractivity contribution is -0.116. The number of anilines is 2. The minimum absolute atomic E-state index is 0.0583. The SMILES string of the molecule is Cc1noc(-c2cccnc2NCCOc2ccc3c(c2)CCC(=O)N3)n1. The van der Waals surface area contributed by atoms with Crippen molar-refractivity contribution in [3.63, 3.8) is 0 Å². The second-order valence-corrected chi connectivity index (χ2v) is 6.19. The number of amides is 1. The normalized spacial score (nSPS) is 13.0. The third kappa shape index (κ3) is 3.89. The van der Waals surface area contributed by atoms with Gasteiger partial charge in [0.15, 0.2) is 5.82 Å². The van der Waals surface area contributed by atoms with Crippen molar-refractivity contribution in [1.29, 1.82) is 0 Å². The van der Waals surface area contributed by atoms with E-state index in [0.717, 1.165) is 29.0 Å². The summed E-state index contributed by atoms with van der Waals surface area (Å²) in [6.45, 7) is 2.79. The van der Waals surface area contributed by atoms with Gasteiger partial charge < -0.3 is 19.9 Å². The molecule has 27 heavy (non-hydrogen) atoms. The molecule has 1 amide bonds. The van der Waals surface area contributed by atoms with Crippen molar-refractivity contribution in [3.8, 4) is 17.2 Å². The van der Waals surface area contributed by atoms with Crippen molar-refractivity contribution in [2.75, 3.05) is 23.8 Å². The summed E-state index contributed by atoms with van der Waals surface area (Å²) in [4.78, 5) is 20.0. The van der Waals surface area contributed by atoms with Crippen LogP contribution in [0.15, 0.2) is 41.1 Å². The molecule has 8 nitrogen and oxygen atoms in total. The van der Waals surface area contributed by atoms with Crippen LogP contribution in [-0.2, 0) is 11.2 Å². The topological polar surface area (TPSA) is 102 Å². The van der Waals surface area contributed by atoms with Gasteiger partial charge in [-0.25, -0.2) is 4.98 Å². The van der Waals surface area contributed by atoms with Gasteiger partial charge in [-0.2, -0.15) is 4.98 Å². The molecular formula is C19H19N5O3. The van der Waals surface area contributed by atoms with Crippen LogP contribution in [0.1, 0.15) is 17.8 Å². The molecule has 3 heterocycles. The zero-order valence-corrected chi connectivity index (χ0v) is 14.9. The van der Waals surface area contributed by atoms with E-state index in [1.807, 2.05) is 30.3 Å². The number of hydrogen-bond acceptors (Lipinski definition) is 7. The van der Waals surface area contributed by atoms with Crippen LogP contribution in [0.3, 0.4) is 0 Å². The van der Waals surface area contributed by atoms with E-state index in [-0.39, 0.29) is 5.91 Å². The molecule has 0 fully saturated rings. The number of nitrogens with one attached hydrogen (secondary N) is 2. The summed E-state index contributed by atoms with van der Waals surface area (Å²) in [5.41, 5.74) is 2.71. The number of hydrogen-bond donors (Lipinski definition) is 2. The first-order chi connectivity index (χ1) is 13.2. The molecule has 0 saturated carbocycles. The zero-order valence-electron chi connectivity index (χ0n) is 14.9. The number of rotatable bonds is 6. The highest BCUT2D eigenvalue weighted by Crippen LogP contribution is 2.27. The maximum absolute atomic E-state index is 11.4. The molecule has 0 spiro atoms. The number of nitrogens with zero attached hydrogens (tertiary/aromatic N) is 3. The average Bonchev–Trinajstić information content (AvgIpc) is 3.12. The molecule has 3 aromatic rings. The molecule has 1 aliphatic heterocycles. The van der Waals surface area contributed by atoms with Gasteiger partial charge in [0.05, 0.1) is 12.1 Å². The van der Waals surface area contributed by atoms with Crippen molar-refractivity contribution >= 4 is 17.4 Å². The zero-order chi connectivity index (χ0) is 18.6. The van der Waals surface area contributed by atoms with Crippen molar-refractivity contribution < 1.29 is 14.1 Å². The first-order valence-corrected chi connectivity index (χ1v) is 8.74. The van der Waals surface area contributed by atoms with Crippen LogP contribution in [0.25, 0.3) is 11.5 Å². The molecule has 4 rings (SSSR count). The van der Waals surface area contributed by atoms with Crippen molar-refractivity contribution in [1.82, 2.24) is 15.1 Å². The first-order valence-electron chi connectivity index (χ1n) is 8.74. The highest BCUT2D eigenvalue weighted by Gasteiger charge is 2.15. The predicted molar refractivity (Wildman–Crippen MR) is 99.6 cm³/mol. The largest absolute Gasteiger partial charge is 0.492 e. The fourth-order valence-electron chi connectivity index (χ4n) is 2.91. The van der Waals surface area contributed by atoms with Crippen LogP contribution in [0, 0.1) is 6.92 Å². The summed E-state index contributed by atoms with van der Waals surface area (Å²) < 4.78 is 11.0. The Balaban J connectivity index is 1.35. The average molecular weight is 365 g/mol. The minimum Gasteiger partial charge on any atom is -0.492 e. The molecule has 138 valence electrons. The lowest BCUT2D eigenvalue weighted by atomic mass is 10.0. The summed E-state index contributed by atoms with van der Waals surface area (Å²) in [5.74, 6) is 2.51. The Hall–Kier alpha value is -3.42. The smallest absolute Gasteiger partial charge is 0.261 e. The van der Waals surface area contributed by atoms with Crippen molar-refractivity contribution in [2.24, 2.45) is 0 Å². The molecule has 1 aliphatic rings. The van der Waals surface area contributed by atoms with Crippen LogP contribution >= 0.6 is 0 Å². The van der Waals surface area contributed by atoms with E-state index < -0.39 is 0 Å². The van der Waals surface area contributed by atoms with E-state index in [9.17, 15) is 4.79 Å². The molecule has 0 unspecified atom stereocenters. The molecule has 2 aromatic heterocycles. The van der Waals surface area contributed by atoms with Crippen molar-refractivity contribution in [3.05, 3.63) is 47.9 Å². The fourth-order valence-corrected chi connectivity index (χ4v) is 2.91. The standard InChI is InChI=1S/C19H19N5O3/c1-12-22-19(27-24-12)15-3-2-8-20-18(15)21-9-10-26-14-5-6-16-13(11-14)4-7-17(25)23-16/h2-3,5-6,8,11H,4,7,9-10H2,1H3,(H,20,21)(H,23,25). The molecule has 2 N–H and O–H groups in total. The number of aryl methyl sites for hydroxylation is 2. The molecule has 0 atom stereocenters. The van der Waals surface area contributed by atoms with Gasteiger partial charge in [-0.1, -0.05) is 5.16 Å². The van der Waals surface area contributed by atoms with Crippen LogP contribution in [0.4, 0.5) is 11.5 Å². The molecule has 0 saturated heterocycles. The number of aromatic nitrogens is 3. The lowest BCUT2D eigenvalue weighted by Crippen LogP contribution is -2.19. The summed E-state index contributed by atoms with van der Waals surface area (Å²) in [7, 11) is 0. The highest BCUT2D eigenvalue weighted by atomic mass is 16.5. The lowest BCUT2D eigenvalue weighted by Gasteiger charge is -2.17. The van der Waals surface area contributed by atoms with Crippen LogP contribution in [0.5, 0.6) is 5.75 Å². The van der Waals surface area contributed by atoms with Gasteiger partial charge in [0.1, 0.15) is 18.2 Å². The molecule has 0 bridgehead atoms. The molecule has 0 radical (unpaired) electrons. The van der Waals surface area contributed by atoms with E-state index in [1.54, 1.807) is 13.1 Å². The summed E-state index contributed by atoms with van der Waals surface area (Å²) in [5, 5.41) is 9.92. The minimum atomic E-state index is 0.0583. The monoisotopic (exact) mass is 365 g/mol. The Morgan fingerprint density at radius 2 is 2.22 bits per heavy atom. The Kier molecular flexibility index (Phi) is 4.69. The fraction of sp³-hybridized carbons (Fsp3) is 0.263. The van der Waals surface area contributed by atoms with Crippen molar-refractivity contribution in [2.45, 2.75) is 19.8 Å². The number of ether oxygens (including phenoxy) is 1. The quantitative estimate of drug-likeness (QED) is 0.648. The summed E-state index contributed by atoms with van der Waals surface area (Å²) in [6, 6.07) is 9.41. The van der Waals surface area contributed by atoms with E-state index >= 15 is 0 Å². The summed E-state index contributed by atoms with van der Waals surface area (Å²) >= 11 is 0. The first kappa shape index (κ1) is 17.0. The number of carbonyl (C=O) groups excluding carboxylic acids is 1. The van der Waals surface area contributed by atoms with Gasteiger partial charge in [-0.05, 0) is 49.2 Å². The van der Waals surface area contributed by atoms with Crippen LogP contribution in [0.2, 0.25) is 0 Å². The van der Waals surface area contributed by atoms with Gasteiger partial charge in [0.2, 0.25) is 5.91 Å². The molecule has 8 heteroatoms. The van der Waals surface area contributed by atoms with Gasteiger partial charge >= 0.3 is 0 Å². The molecule has 1 aromatic carbocycles. The van der Waals surface area contributed by atoms with Crippen LogP contribution in [-0.4, -0.2) is 34.2 Å². The Labute approximate surface area is 156 Å². The van der Waals surface area contributed by atoms with Crippen LogP contribution < -0.4 is 15.4 Å². The van der Waals surface area contributed by atoms with E-state index in [4.69, 9.17) is 9.26 Å². The number of fused-ring (bicyclic) bond motifs is 1. The van der Waals surface area contributed by atoms with E-state index in [2.05, 4.69) is 25.8 Å². The molecular weight excluding hydrogens is 346 g/mol. The van der Waals surface area contributed by atoms with E-state index in [1.165, 1.54) is 0 Å². The maximum atomic E-state index is 11.4. The predicted octanol–water partition coefficient (Wildman–Crippen LogP) is 2.82. The Morgan fingerprint density at radius 3 is 3.07 bits per heavy atom. The number of carbonyl (C=O) groups is 1. The van der Waals surface area contributed by atoms with Gasteiger partial charge in [0.25, 0.3) is 5.89 Å². The second-order valence-electron chi connectivity index (χ2n) is 6.19. The Bertz CT molecular complexity index is 969. The van der Waals surface area contributed by atoms with E-state index in [0.29, 0.717) is 37.1 Å². The summed E-state index contributed by atoms with van der Waals surface area (Å²) in [6.07, 6.45) is 2.95. The second kappa shape index (κ2) is 7.45. The third-order valence-electron chi connectivity index (χ3n) is 4.20. The van der Waals surface area contributed by atoms with Gasteiger partial charge in [-0.15, -0.1) is 0 Å². The third-order valence-corrected chi connectivity index (χ3v) is 4.20. The molecule has 0 aliphatic carbocycles. The maximum Gasteiger partial charge on any atom is 0.261 e. The van der Waals surface area contributed by atoms with Gasteiger partial charge in [-0.3, -0.25) is 4.79 Å². The van der Waals surface area contributed by atoms with Gasteiger partial charge in [0, 0.05) is 18.3 Å². The Morgan fingerprint density at radius 1 is 1.30 bits per heavy atom. The highest BCUT2D eigenvalue weighted by molar-refractivity contribution is 5.94. The number of benzene rings is 1. The number of pyridine rings is 1.